The van der Waals surface area contributed by atoms with Crippen LogP contribution in [-0.2, 0) is 0 Å². The number of para-hydroxylation sites is 2. The molecule has 0 spiro atoms. The van der Waals surface area contributed by atoms with Gasteiger partial charge in [-0.25, -0.2) is 0 Å². The average molecular weight is 616 g/mol. The summed E-state index contributed by atoms with van der Waals surface area (Å²) in [6, 6.07) is 13.8. The zero-order chi connectivity index (χ0) is 29.8. The van der Waals surface area contributed by atoms with Crippen LogP contribution in [0.4, 0.5) is 11.4 Å². The Morgan fingerprint density at radius 2 is 0.816 bits per heavy atom. The van der Waals surface area contributed by atoms with Crippen molar-refractivity contribution in [1.29, 1.82) is 0 Å². The van der Waals surface area contributed by atoms with E-state index in [1.54, 1.807) is 0 Å². The van der Waals surface area contributed by atoms with Crippen LogP contribution in [0.15, 0.2) is 36.4 Å². The second kappa shape index (κ2) is 17.8. The Morgan fingerprint density at radius 1 is 0.605 bits per heavy atom. The first-order valence-electron chi connectivity index (χ1n) is 14.1. The summed E-state index contributed by atoms with van der Waals surface area (Å²) in [4.78, 5) is 8.66. The fourth-order valence-electron chi connectivity index (χ4n) is 4.36. The van der Waals surface area contributed by atoms with Crippen molar-refractivity contribution in [2.75, 3.05) is 0 Å². The standard InChI is InChI=1S/C29H44N2.C3H10OSi.ClH.Ga/c1-18(2)24-13-11-14-25(19(3)4)28(24)30-22(9)17-23(10)31-29-26(20(5)6)15-12-16-27(29)21(7)8;1-5(2,3)4;;/h11-16,18-23H,17H2,1-10H3;4H,1-3H3;1H;/q-2;;;+1/p-1. The summed E-state index contributed by atoms with van der Waals surface area (Å²) in [5.41, 5.74) is 7.84. The van der Waals surface area contributed by atoms with Crippen molar-refractivity contribution in [3.63, 3.8) is 0 Å². The fourth-order valence-corrected chi connectivity index (χ4v) is 4.36. The molecule has 2 aromatic carbocycles. The van der Waals surface area contributed by atoms with Crippen molar-refractivity contribution in [3.05, 3.63) is 69.3 Å². The van der Waals surface area contributed by atoms with Gasteiger partial charge in [-0.05, 0) is 43.3 Å². The molecule has 0 aliphatic carbocycles. The van der Waals surface area contributed by atoms with Crippen molar-refractivity contribution in [1.82, 2.24) is 0 Å². The fraction of sp³-hybridized carbons (Fsp3) is 0.625. The third-order valence-electron chi connectivity index (χ3n) is 6.07. The summed E-state index contributed by atoms with van der Waals surface area (Å²) in [6.45, 7) is 28.2. The number of rotatable bonds is 10. The summed E-state index contributed by atoms with van der Waals surface area (Å²) in [5, 5.41) is 10.5. The number of nitrogens with zero attached hydrogens (tertiary/aromatic N) is 2. The van der Waals surface area contributed by atoms with E-state index in [2.05, 4.69) is 106 Å². The quantitative estimate of drug-likeness (QED) is 0.266. The van der Waals surface area contributed by atoms with Gasteiger partial charge in [0.05, 0.1) is 0 Å². The Kier molecular flexibility index (Phi) is 17.4. The van der Waals surface area contributed by atoms with Gasteiger partial charge in [-0.1, -0.05) is 134 Å². The van der Waals surface area contributed by atoms with Gasteiger partial charge in [0.2, 0.25) is 0 Å². The van der Waals surface area contributed by atoms with Crippen molar-refractivity contribution >= 4 is 46.9 Å². The van der Waals surface area contributed by atoms with E-state index in [1.807, 2.05) is 19.6 Å². The van der Waals surface area contributed by atoms with Crippen molar-refractivity contribution < 1.29 is 4.80 Å². The Labute approximate surface area is 251 Å². The molecule has 2 aromatic rings. The van der Waals surface area contributed by atoms with Gasteiger partial charge >= 0.3 is 27.2 Å². The van der Waals surface area contributed by atoms with Gasteiger partial charge in [-0.3, -0.25) is 0 Å². The van der Waals surface area contributed by atoms with E-state index in [4.69, 9.17) is 25.1 Å². The predicted octanol–water partition coefficient (Wildman–Crippen LogP) is 11.2. The maximum absolute atomic E-state index is 8.66. The van der Waals surface area contributed by atoms with E-state index >= 15 is 0 Å². The Bertz CT molecular complexity index is 814. The Morgan fingerprint density at radius 3 is 1.00 bits per heavy atom. The molecular weight excluding hydrogens is 562 g/mol. The first-order chi connectivity index (χ1) is 17.5. The molecule has 2 atom stereocenters. The normalized spacial score (nSPS) is 13.0. The summed E-state index contributed by atoms with van der Waals surface area (Å²) in [6.07, 6.45) is 0.952. The molecule has 0 fully saturated rings. The predicted molar refractivity (Wildman–Crippen MR) is 176 cm³/mol. The molecule has 214 valence electrons. The SMILES string of the molecule is CC(CC(C)[N-]c1c(C(C)C)cccc1C(C)C)[N-]c1c(C(C)C)cccc1C(C)C.C[Si](C)(C)O.[Cl][Ga]. The van der Waals surface area contributed by atoms with Gasteiger partial charge in [0, 0.05) is 0 Å². The molecule has 0 amide bonds. The van der Waals surface area contributed by atoms with E-state index in [0.717, 1.165) is 24.0 Å². The summed E-state index contributed by atoms with van der Waals surface area (Å²) in [5.74, 6) is 1.88. The molecule has 1 N–H and O–H groups in total. The van der Waals surface area contributed by atoms with Crippen LogP contribution >= 0.6 is 9.64 Å². The molecule has 6 heteroatoms. The molecule has 2 radical (unpaired) electrons. The van der Waals surface area contributed by atoms with Crippen LogP contribution in [0.2, 0.25) is 19.6 Å². The van der Waals surface area contributed by atoms with Crippen LogP contribution in [-0.4, -0.2) is 42.8 Å². The van der Waals surface area contributed by atoms with Gasteiger partial charge in [-0.2, -0.15) is 0 Å². The molecule has 3 nitrogen and oxygen atoms in total. The first kappa shape index (κ1) is 37.1. The van der Waals surface area contributed by atoms with Gasteiger partial charge in [0.15, 0.2) is 8.32 Å². The molecule has 38 heavy (non-hydrogen) atoms. The van der Waals surface area contributed by atoms with E-state index < -0.39 is 8.32 Å². The van der Waals surface area contributed by atoms with Crippen LogP contribution in [0.3, 0.4) is 0 Å². The molecule has 0 bridgehead atoms. The second-order valence-electron chi connectivity index (χ2n) is 12.6. The summed E-state index contributed by atoms with van der Waals surface area (Å²) >= 11 is 1.16. The van der Waals surface area contributed by atoms with E-state index in [0.29, 0.717) is 23.7 Å². The van der Waals surface area contributed by atoms with E-state index in [-0.39, 0.29) is 12.1 Å². The van der Waals surface area contributed by atoms with Crippen molar-refractivity contribution in [3.8, 4) is 0 Å². The average Bonchev–Trinajstić information content (AvgIpc) is 2.78. The van der Waals surface area contributed by atoms with Crippen molar-refractivity contribution in [2.45, 2.75) is 131 Å². The summed E-state index contributed by atoms with van der Waals surface area (Å²) in [7, 11) is 3.09. The maximum atomic E-state index is 8.66. The third kappa shape index (κ3) is 13.5. The first-order valence-corrected chi connectivity index (χ1v) is 20.8. The molecule has 0 heterocycles. The molecule has 0 aliphatic rings. The minimum absolute atomic E-state index is 0.227. The van der Waals surface area contributed by atoms with Crippen LogP contribution < -0.4 is 0 Å². The summed E-state index contributed by atoms with van der Waals surface area (Å²) < 4.78 is 0. The van der Waals surface area contributed by atoms with Gasteiger partial charge in [0.1, 0.15) is 0 Å². The van der Waals surface area contributed by atoms with E-state index in [9.17, 15) is 0 Å². The molecule has 0 aliphatic heterocycles. The molecule has 0 aromatic heterocycles. The number of hydrogen-bond donors (Lipinski definition) is 1. The topological polar surface area (TPSA) is 48.4 Å². The van der Waals surface area contributed by atoms with Crippen LogP contribution in [0, 0.1) is 0 Å². The van der Waals surface area contributed by atoms with Crippen LogP contribution in [0.25, 0.3) is 10.6 Å². The monoisotopic (exact) mass is 614 g/mol. The number of benzene rings is 2. The van der Waals surface area contributed by atoms with Gasteiger partial charge in [-0.15, -0.1) is 23.5 Å². The molecule has 2 unspecified atom stereocenters. The Balaban J connectivity index is 0.00000175. The molecule has 0 saturated carbocycles. The number of hydrogen-bond acceptors (Lipinski definition) is 1. The van der Waals surface area contributed by atoms with E-state index in [1.165, 1.54) is 33.6 Å². The zero-order valence-corrected chi connectivity index (χ0v) is 30.6. The minimum atomic E-state index is -1.61. The third-order valence-corrected chi connectivity index (χ3v) is 6.07. The zero-order valence-electron chi connectivity index (χ0n) is 26.4. The second-order valence-corrected chi connectivity index (χ2v) is 16.9. The van der Waals surface area contributed by atoms with Gasteiger partial charge in [0.25, 0.3) is 0 Å². The van der Waals surface area contributed by atoms with Crippen LogP contribution in [0.5, 0.6) is 0 Å². The molecule has 2 rings (SSSR count). The van der Waals surface area contributed by atoms with Crippen molar-refractivity contribution in [2.24, 2.45) is 0 Å². The van der Waals surface area contributed by atoms with Gasteiger partial charge < -0.3 is 15.4 Å². The Hall–Kier alpha value is -0.857. The molecule has 0 saturated heterocycles. The van der Waals surface area contributed by atoms with Crippen LogP contribution in [0.1, 0.15) is 122 Å². The number of halogens is 1. The molecular formula is C32H54ClGaN2OSi-2.